The van der Waals surface area contributed by atoms with E-state index in [4.69, 9.17) is 0 Å². The smallest absolute Gasteiger partial charge is 0.278 e. The van der Waals surface area contributed by atoms with Crippen LogP contribution >= 0.6 is 0 Å². The molecule has 0 radical (unpaired) electrons. The van der Waals surface area contributed by atoms with Gasteiger partial charge in [-0.1, -0.05) is 30.3 Å². The molecule has 3 N–H and O–H groups in total. The fourth-order valence-electron chi connectivity index (χ4n) is 2.17. The Morgan fingerprint density at radius 3 is 2.37 bits per heavy atom. The maximum absolute atomic E-state index is 11.0. The summed E-state index contributed by atoms with van der Waals surface area (Å²) in [5.41, 5.74) is 3.81. The van der Waals surface area contributed by atoms with Crippen molar-refractivity contribution in [2.24, 2.45) is 5.10 Å². The molecule has 0 aliphatic carbocycles. The van der Waals surface area contributed by atoms with E-state index in [0.29, 0.717) is 17.5 Å². The average Bonchev–Trinajstić information content (AvgIpc) is 2.69. The standard InChI is InChI=1S/C17H16N8O2/c1-18-15-21-16(20-13-8-3-2-4-9-13)23-17(22-15)24-19-11-12-7-5-6-10-14(12)25(26)27/h2-11H,1H3,(H3,18,20,21,22,23,24). The first-order chi connectivity index (χ1) is 13.2. The van der Waals surface area contributed by atoms with Gasteiger partial charge < -0.3 is 10.6 Å². The number of hydrazone groups is 1. The van der Waals surface area contributed by atoms with Crippen LogP contribution in [0.2, 0.25) is 0 Å². The third-order valence-electron chi connectivity index (χ3n) is 3.39. The third-order valence-corrected chi connectivity index (χ3v) is 3.39. The van der Waals surface area contributed by atoms with Gasteiger partial charge in [0.1, 0.15) is 0 Å². The molecule has 27 heavy (non-hydrogen) atoms. The molecule has 0 unspecified atom stereocenters. The molecule has 0 saturated heterocycles. The molecule has 0 spiro atoms. The predicted molar refractivity (Wildman–Crippen MR) is 103 cm³/mol. The second-order valence-electron chi connectivity index (χ2n) is 5.23. The molecule has 10 nitrogen and oxygen atoms in total. The monoisotopic (exact) mass is 364 g/mol. The molecule has 1 heterocycles. The summed E-state index contributed by atoms with van der Waals surface area (Å²) in [6, 6.07) is 15.7. The number of nitro benzene ring substituents is 1. The fraction of sp³-hybridized carbons (Fsp3) is 0.0588. The molecular formula is C17H16N8O2. The number of aromatic nitrogens is 3. The zero-order valence-corrected chi connectivity index (χ0v) is 14.3. The summed E-state index contributed by atoms with van der Waals surface area (Å²) in [4.78, 5) is 23.2. The van der Waals surface area contributed by atoms with Crippen molar-refractivity contribution in [3.63, 3.8) is 0 Å². The molecule has 0 bridgehead atoms. The highest BCUT2D eigenvalue weighted by atomic mass is 16.6. The lowest BCUT2D eigenvalue weighted by molar-refractivity contribution is -0.385. The van der Waals surface area contributed by atoms with Crippen molar-refractivity contribution in [3.05, 3.63) is 70.3 Å². The highest BCUT2D eigenvalue weighted by molar-refractivity contribution is 5.85. The minimum atomic E-state index is -0.467. The Morgan fingerprint density at radius 1 is 0.963 bits per heavy atom. The van der Waals surface area contributed by atoms with Gasteiger partial charge in [-0.15, -0.1) is 0 Å². The van der Waals surface area contributed by atoms with Crippen molar-refractivity contribution in [2.45, 2.75) is 0 Å². The van der Waals surface area contributed by atoms with Crippen LogP contribution in [-0.4, -0.2) is 33.1 Å². The zero-order chi connectivity index (χ0) is 19.1. The van der Waals surface area contributed by atoms with Gasteiger partial charge in [-0.3, -0.25) is 10.1 Å². The third kappa shape index (κ3) is 4.72. The molecule has 10 heteroatoms. The second kappa shape index (κ2) is 8.34. The number of nitro groups is 1. The van der Waals surface area contributed by atoms with E-state index in [1.165, 1.54) is 12.3 Å². The van der Waals surface area contributed by atoms with Crippen LogP contribution in [0.5, 0.6) is 0 Å². The largest absolute Gasteiger partial charge is 0.357 e. The Balaban J connectivity index is 1.78. The van der Waals surface area contributed by atoms with Gasteiger partial charge in [0.2, 0.25) is 17.8 Å². The minimum absolute atomic E-state index is 0.0407. The lowest BCUT2D eigenvalue weighted by atomic mass is 10.2. The molecular weight excluding hydrogens is 348 g/mol. The Morgan fingerprint density at radius 2 is 1.63 bits per heavy atom. The van der Waals surface area contributed by atoms with E-state index in [-0.39, 0.29) is 11.6 Å². The van der Waals surface area contributed by atoms with Gasteiger partial charge in [0.15, 0.2) is 0 Å². The maximum atomic E-state index is 11.0. The number of anilines is 4. The van der Waals surface area contributed by atoms with Crippen molar-refractivity contribution < 1.29 is 4.92 Å². The average molecular weight is 364 g/mol. The molecule has 0 fully saturated rings. The van der Waals surface area contributed by atoms with E-state index in [1.807, 2.05) is 30.3 Å². The summed E-state index contributed by atoms with van der Waals surface area (Å²) < 4.78 is 0. The molecule has 1 aromatic heterocycles. The lowest BCUT2D eigenvalue weighted by Gasteiger charge is -2.08. The van der Waals surface area contributed by atoms with Gasteiger partial charge in [0.05, 0.1) is 16.7 Å². The normalized spacial score (nSPS) is 10.6. The van der Waals surface area contributed by atoms with E-state index in [0.717, 1.165) is 5.69 Å². The summed E-state index contributed by atoms with van der Waals surface area (Å²) in [5, 5.41) is 20.9. The van der Waals surface area contributed by atoms with Gasteiger partial charge in [-0.05, 0) is 18.2 Å². The number of nitrogens with one attached hydrogen (secondary N) is 3. The topological polar surface area (TPSA) is 130 Å². The predicted octanol–water partition coefficient (Wildman–Crippen LogP) is 3.01. The Kier molecular flexibility index (Phi) is 5.48. The van der Waals surface area contributed by atoms with Crippen LogP contribution in [0.4, 0.5) is 29.2 Å². The Bertz CT molecular complexity index is 962. The Hall–Kier alpha value is -4.08. The van der Waals surface area contributed by atoms with Crippen LogP contribution in [0.1, 0.15) is 5.56 Å². The summed E-state index contributed by atoms with van der Waals surface area (Å²) in [7, 11) is 1.68. The lowest BCUT2D eigenvalue weighted by Crippen LogP contribution is -2.07. The maximum Gasteiger partial charge on any atom is 0.278 e. The van der Waals surface area contributed by atoms with E-state index in [9.17, 15) is 10.1 Å². The first-order valence-electron chi connectivity index (χ1n) is 7.94. The molecule has 3 aromatic rings. The SMILES string of the molecule is CNc1nc(NN=Cc2ccccc2[N+](=O)[O-])nc(Nc2ccccc2)n1. The minimum Gasteiger partial charge on any atom is -0.357 e. The highest BCUT2D eigenvalue weighted by Gasteiger charge is 2.10. The van der Waals surface area contributed by atoms with Crippen LogP contribution in [0.15, 0.2) is 59.7 Å². The number of nitrogens with zero attached hydrogens (tertiary/aromatic N) is 5. The first kappa shape index (κ1) is 17.7. The zero-order valence-electron chi connectivity index (χ0n) is 14.3. The van der Waals surface area contributed by atoms with Gasteiger partial charge >= 0.3 is 0 Å². The van der Waals surface area contributed by atoms with Gasteiger partial charge in [0, 0.05) is 18.8 Å². The summed E-state index contributed by atoms with van der Waals surface area (Å²) >= 11 is 0. The van der Waals surface area contributed by atoms with Crippen LogP contribution in [0.3, 0.4) is 0 Å². The van der Waals surface area contributed by atoms with Gasteiger partial charge in [-0.25, -0.2) is 5.43 Å². The van der Waals surface area contributed by atoms with Crippen LogP contribution in [0.25, 0.3) is 0 Å². The van der Waals surface area contributed by atoms with E-state index >= 15 is 0 Å². The van der Waals surface area contributed by atoms with E-state index in [1.54, 1.807) is 25.2 Å². The Labute approximate surface area is 154 Å². The summed E-state index contributed by atoms with van der Waals surface area (Å²) in [6.45, 7) is 0. The molecule has 2 aromatic carbocycles. The van der Waals surface area contributed by atoms with Crippen molar-refractivity contribution >= 4 is 35.4 Å². The molecule has 0 amide bonds. The highest BCUT2D eigenvalue weighted by Crippen LogP contribution is 2.17. The van der Waals surface area contributed by atoms with Crippen LogP contribution in [0, 0.1) is 10.1 Å². The van der Waals surface area contributed by atoms with Crippen LogP contribution in [-0.2, 0) is 0 Å². The molecule has 136 valence electrons. The van der Waals surface area contributed by atoms with Gasteiger partial charge in [-0.2, -0.15) is 20.1 Å². The number of para-hydroxylation sites is 2. The molecule has 3 rings (SSSR count). The number of benzene rings is 2. The van der Waals surface area contributed by atoms with E-state index < -0.39 is 4.92 Å². The molecule has 0 atom stereocenters. The van der Waals surface area contributed by atoms with Crippen molar-refractivity contribution in [1.82, 2.24) is 15.0 Å². The summed E-state index contributed by atoms with van der Waals surface area (Å²) in [6.07, 6.45) is 1.34. The molecule has 0 aliphatic rings. The molecule has 0 saturated carbocycles. The van der Waals surface area contributed by atoms with Crippen molar-refractivity contribution in [1.29, 1.82) is 0 Å². The summed E-state index contributed by atoms with van der Waals surface area (Å²) in [5.74, 6) is 0.846. The number of hydrogen-bond donors (Lipinski definition) is 3. The van der Waals surface area contributed by atoms with Crippen LogP contribution < -0.4 is 16.1 Å². The molecule has 0 aliphatic heterocycles. The quantitative estimate of drug-likeness (QED) is 0.331. The second-order valence-corrected chi connectivity index (χ2v) is 5.23. The van der Waals surface area contributed by atoms with Crippen molar-refractivity contribution in [3.8, 4) is 0 Å². The van der Waals surface area contributed by atoms with E-state index in [2.05, 4.69) is 36.1 Å². The van der Waals surface area contributed by atoms with Gasteiger partial charge in [0.25, 0.3) is 5.69 Å². The number of hydrogen-bond acceptors (Lipinski definition) is 9. The number of rotatable bonds is 7. The van der Waals surface area contributed by atoms with Crippen molar-refractivity contribution in [2.75, 3.05) is 23.1 Å². The fourth-order valence-corrected chi connectivity index (χ4v) is 2.17. The first-order valence-corrected chi connectivity index (χ1v) is 7.94.